The van der Waals surface area contributed by atoms with Crippen molar-refractivity contribution in [3.05, 3.63) is 35.9 Å². The molecule has 1 saturated heterocycles. The number of likely N-dealkylation sites (tertiary alicyclic amines) is 1. The monoisotopic (exact) mass is 321 g/mol. The number of hydrogen-bond donors (Lipinski definition) is 1. The first-order valence-corrected chi connectivity index (χ1v) is 7.66. The number of carbonyl (C=O) groups excluding carboxylic acids is 2. The fraction of sp³-hybridized carbons (Fsp3) is 0.529. The van der Waals surface area contributed by atoms with Crippen LogP contribution >= 0.6 is 0 Å². The molecule has 6 nitrogen and oxygen atoms in total. The van der Waals surface area contributed by atoms with Gasteiger partial charge in [0.25, 0.3) is 0 Å². The number of aliphatic hydroxyl groups is 1. The van der Waals surface area contributed by atoms with Gasteiger partial charge in [-0.15, -0.1) is 0 Å². The van der Waals surface area contributed by atoms with Gasteiger partial charge in [-0.25, -0.2) is 9.59 Å². The maximum atomic E-state index is 12.2. The zero-order valence-corrected chi connectivity index (χ0v) is 13.7. The maximum Gasteiger partial charge on any atom is 0.410 e. The Morgan fingerprint density at radius 3 is 2.43 bits per heavy atom. The number of amides is 1. The van der Waals surface area contributed by atoms with Gasteiger partial charge in [0.1, 0.15) is 12.2 Å². The van der Waals surface area contributed by atoms with Gasteiger partial charge >= 0.3 is 12.1 Å². The van der Waals surface area contributed by atoms with Crippen molar-refractivity contribution in [1.82, 2.24) is 4.90 Å². The maximum absolute atomic E-state index is 12.2. The SMILES string of the molecule is CC(C)(C)OC(=O)N1[C@H](CO)C[C@H]1COC(=O)c1ccccc1. The summed E-state index contributed by atoms with van der Waals surface area (Å²) in [6.45, 7) is 5.29. The molecule has 1 fully saturated rings. The van der Waals surface area contributed by atoms with Gasteiger partial charge in [-0.05, 0) is 39.3 Å². The molecule has 0 radical (unpaired) electrons. The fourth-order valence-corrected chi connectivity index (χ4v) is 2.45. The molecule has 1 aliphatic heterocycles. The van der Waals surface area contributed by atoms with E-state index in [0.717, 1.165) is 0 Å². The second-order valence-corrected chi connectivity index (χ2v) is 6.58. The summed E-state index contributed by atoms with van der Waals surface area (Å²) < 4.78 is 10.6. The highest BCUT2D eigenvalue weighted by Gasteiger charge is 2.44. The Labute approximate surface area is 136 Å². The third kappa shape index (κ3) is 4.45. The third-order valence-electron chi connectivity index (χ3n) is 3.56. The van der Waals surface area contributed by atoms with E-state index >= 15 is 0 Å². The summed E-state index contributed by atoms with van der Waals surface area (Å²) >= 11 is 0. The molecule has 2 rings (SSSR count). The standard InChI is InChI=1S/C17H23NO5/c1-17(2,3)23-16(21)18-13(10-19)9-14(18)11-22-15(20)12-7-5-4-6-8-12/h4-8,13-14,19H,9-11H2,1-3H3/t13-,14-/m0/s1. The molecule has 1 amide bonds. The Balaban J connectivity index is 1.92. The minimum absolute atomic E-state index is 0.0868. The highest BCUT2D eigenvalue weighted by Crippen LogP contribution is 2.28. The molecule has 1 heterocycles. The number of carbonyl (C=O) groups is 2. The van der Waals surface area contributed by atoms with Crippen LogP contribution in [0, 0.1) is 0 Å². The van der Waals surface area contributed by atoms with Gasteiger partial charge in [-0.2, -0.15) is 0 Å². The number of ether oxygens (including phenoxy) is 2. The number of nitrogens with zero attached hydrogens (tertiary/aromatic N) is 1. The number of benzene rings is 1. The smallest absolute Gasteiger partial charge is 0.410 e. The van der Waals surface area contributed by atoms with E-state index in [4.69, 9.17) is 9.47 Å². The van der Waals surface area contributed by atoms with Crippen molar-refractivity contribution < 1.29 is 24.2 Å². The molecule has 0 spiro atoms. The number of esters is 1. The first-order chi connectivity index (χ1) is 10.8. The van der Waals surface area contributed by atoms with Gasteiger partial charge in [0.15, 0.2) is 0 Å². The van der Waals surface area contributed by atoms with Crippen LogP contribution in [0.15, 0.2) is 30.3 Å². The van der Waals surface area contributed by atoms with Crippen LogP contribution in [-0.4, -0.2) is 53.0 Å². The van der Waals surface area contributed by atoms with E-state index < -0.39 is 17.7 Å². The molecular weight excluding hydrogens is 298 g/mol. The molecule has 0 saturated carbocycles. The second kappa shape index (κ2) is 7.00. The van der Waals surface area contributed by atoms with Crippen LogP contribution in [-0.2, 0) is 9.47 Å². The Morgan fingerprint density at radius 1 is 1.22 bits per heavy atom. The predicted molar refractivity (Wildman–Crippen MR) is 84.1 cm³/mol. The van der Waals surface area contributed by atoms with Crippen LogP contribution in [0.25, 0.3) is 0 Å². The second-order valence-electron chi connectivity index (χ2n) is 6.58. The zero-order valence-electron chi connectivity index (χ0n) is 13.7. The molecule has 1 aliphatic rings. The van der Waals surface area contributed by atoms with Crippen molar-refractivity contribution in [2.45, 2.75) is 44.9 Å². The molecule has 2 atom stereocenters. The summed E-state index contributed by atoms with van der Waals surface area (Å²) in [4.78, 5) is 25.6. The molecule has 1 aromatic carbocycles. The highest BCUT2D eigenvalue weighted by atomic mass is 16.6. The molecule has 0 unspecified atom stereocenters. The first kappa shape index (κ1) is 17.3. The van der Waals surface area contributed by atoms with Crippen molar-refractivity contribution in [2.75, 3.05) is 13.2 Å². The molecule has 23 heavy (non-hydrogen) atoms. The van der Waals surface area contributed by atoms with Crippen LogP contribution in [0.2, 0.25) is 0 Å². The Bertz CT molecular complexity index is 552. The van der Waals surface area contributed by atoms with Crippen molar-refractivity contribution in [1.29, 1.82) is 0 Å². The largest absolute Gasteiger partial charge is 0.460 e. The topological polar surface area (TPSA) is 76.1 Å². The Morgan fingerprint density at radius 2 is 1.87 bits per heavy atom. The van der Waals surface area contributed by atoms with Gasteiger partial charge in [-0.1, -0.05) is 18.2 Å². The average molecular weight is 321 g/mol. The zero-order chi connectivity index (χ0) is 17.0. The van der Waals surface area contributed by atoms with Crippen LogP contribution in [0.3, 0.4) is 0 Å². The predicted octanol–water partition coefficient (Wildman–Crippen LogP) is 2.21. The molecule has 126 valence electrons. The summed E-state index contributed by atoms with van der Waals surface area (Å²) in [7, 11) is 0. The summed E-state index contributed by atoms with van der Waals surface area (Å²) in [6.07, 6.45) is 0.0845. The van der Waals surface area contributed by atoms with Crippen molar-refractivity contribution in [3.8, 4) is 0 Å². The third-order valence-corrected chi connectivity index (χ3v) is 3.56. The molecular formula is C17H23NO5. The van der Waals surface area contributed by atoms with E-state index in [9.17, 15) is 14.7 Å². The van der Waals surface area contributed by atoms with E-state index in [1.807, 2.05) is 6.07 Å². The normalized spacial score (nSPS) is 20.6. The minimum atomic E-state index is -0.613. The van der Waals surface area contributed by atoms with Crippen molar-refractivity contribution in [2.24, 2.45) is 0 Å². The lowest BCUT2D eigenvalue weighted by atomic mass is 9.94. The average Bonchev–Trinajstić information content (AvgIpc) is 2.45. The minimum Gasteiger partial charge on any atom is -0.460 e. The number of hydrogen-bond acceptors (Lipinski definition) is 5. The van der Waals surface area contributed by atoms with E-state index in [1.165, 1.54) is 4.90 Å². The van der Waals surface area contributed by atoms with Crippen LogP contribution in [0.4, 0.5) is 4.79 Å². The van der Waals surface area contributed by atoms with E-state index in [0.29, 0.717) is 12.0 Å². The Hall–Kier alpha value is -2.08. The summed E-state index contributed by atoms with van der Waals surface area (Å²) in [5, 5.41) is 9.32. The number of aliphatic hydroxyl groups excluding tert-OH is 1. The fourth-order valence-electron chi connectivity index (χ4n) is 2.45. The molecule has 1 N–H and O–H groups in total. The van der Waals surface area contributed by atoms with Gasteiger partial charge < -0.3 is 14.6 Å². The first-order valence-electron chi connectivity index (χ1n) is 7.66. The van der Waals surface area contributed by atoms with E-state index in [1.54, 1.807) is 45.0 Å². The van der Waals surface area contributed by atoms with Gasteiger partial charge in [-0.3, -0.25) is 4.90 Å². The molecule has 6 heteroatoms. The lowest BCUT2D eigenvalue weighted by molar-refractivity contribution is -0.0623. The molecule has 1 aromatic rings. The summed E-state index contributed by atoms with van der Waals surface area (Å²) in [6, 6.07) is 8.12. The van der Waals surface area contributed by atoms with Gasteiger partial charge in [0.2, 0.25) is 0 Å². The lowest BCUT2D eigenvalue weighted by Crippen LogP contribution is -2.62. The van der Waals surface area contributed by atoms with Crippen LogP contribution in [0.5, 0.6) is 0 Å². The van der Waals surface area contributed by atoms with Gasteiger partial charge in [0, 0.05) is 0 Å². The molecule has 0 aliphatic carbocycles. The summed E-state index contributed by atoms with van der Waals surface area (Å²) in [5.41, 5.74) is -0.146. The molecule has 0 bridgehead atoms. The number of rotatable bonds is 4. The van der Waals surface area contributed by atoms with Gasteiger partial charge in [0.05, 0.1) is 24.3 Å². The van der Waals surface area contributed by atoms with Crippen molar-refractivity contribution >= 4 is 12.1 Å². The summed E-state index contributed by atoms with van der Waals surface area (Å²) in [5.74, 6) is -0.429. The van der Waals surface area contributed by atoms with Crippen LogP contribution < -0.4 is 0 Å². The highest BCUT2D eigenvalue weighted by molar-refractivity contribution is 5.89. The Kier molecular flexibility index (Phi) is 5.26. The van der Waals surface area contributed by atoms with E-state index in [2.05, 4.69) is 0 Å². The lowest BCUT2D eigenvalue weighted by Gasteiger charge is -2.47. The molecule has 0 aromatic heterocycles. The van der Waals surface area contributed by atoms with Crippen LogP contribution in [0.1, 0.15) is 37.6 Å². The van der Waals surface area contributed by atoms with E-state index in [-0.39, 0.29) is 25.3 Å². The van der Waals surface area contributed by atoms with Crippen molar-refractivity contribution in [3.63, 3.8) is 0 Å². The quantitative estimate of drug-likeness (QED) is 0.861.